The lowest BCUT2D eigenvalue weighted by molar-refractivity contribution is -0.144. The molecule has 0 bridgehead atoms. The highest BCUT2D eigenvalue weighted by Crippen LogP contribution is 2.28. The first-order valence-corrected chi connectivity index (χ1v) is 7.43. The third-order valence-corrected chi connectivity index (χ3v) is 3.46. The first-order chi connectivity index (χ1) is 10.2. The average Bonchev–Trinajstić information content (AvgIpc) is 2.42. The van der Waals surface area contributed by atoms with Crippen LogP contribution in [-0.2, 0) is 16.0 Å². The lowest BCUT2D eigenvalue weighted by atomic mass is 10.1. The third kappa shape index (κ3) is 4.36. The van der Waals surface area contributed by atoms with E-state index < -0.39 is 0 Å². The molecule has 1 aromatic rings. The Morgan fingerprint density at radius 3 is 2.86 bits per heavy atom. The molecule has 116 valence electrons. The van der Waals surface area contributed by atoms with Crippen molar-refractivity contribution >= 4 is 5.91 Å². The number of nitrogens with one attached hydrogen (secondary N) is 1. The number of ether oxygens (including phenoxy) is 3. The molecule has 0 spiro atoms. The van der Waals surface area contributed by atoms with Crippen LogP contribution < -0.4 is 14.8 Å². The van der Waals surface area contributed by atoms with E-state index in [2.05, 4.69) is 5.32 Å². The van der Waals surface area contributed by atoms with Gasteiger partial charge in [-0.2, -0.15) is 0 Å². The molecule has 1 unspecified atom stereocenters. The molecule has 1 amide bonds. The van der Waals surface area contributed by atoms with Gasteiger partial charge in [-0.25, -0.2) is 0 Å². The Kier molecular flexibility index (Phi) is 5.87. The molecule has 5 heteroatoms. The summed E-state index contributed by atoms with van der Waals surface area (Å²) in [5, 5.41) is 2.90. The molecule has 1 aromatic carbocycles. The number of carbonyl (C=O) groups excluding carboxylic acids is 1. The van der Waals surface area contributed by atoms with Crippen molar-refractivity contribution in [3.05, 3.63) is 23.8 Å². The summed E-state index contributed by atoms with van der Waals surface area (Å²) in [7, 11) is 1.63. The minimum absolute atomic E-state index is 0.00554. The summed E-state index contributed by atoms with van der Waals surface area (Å²) in [4.78, 5) is 11.6. The number of benzene rings is 1. The molecule has 1 aliphatic rings. The summed E-state index contributed by atoms with van der Waals surface area (Å²) >= 11 is 0. The van der Waals surface area contributed by atoms with E-state index in [1.54, 1.807) is 7.11 Å². The van der Waals surface area contributed by atoms with Crippen molar-refractivity contribution in [1.29, 1.82) is 0 Å². The molecule has 21 heavy (non-hydrogen) atoms. The fraction of sp³-hybridized carbons (Fsp3) is 0.562. The molecule has 2 rings (SSSR count). The van der Waals surface area contributed by atoms with Crippen LogP contribution in [0.5, 0.6) is 11.5 Å². The molecule has 1 aliphatic heterocycles. The SMILES string of the molecule is CCOc1cc(CCCNC(=O)C2CCO2)ccc1OC. The van der Waals surface area contributed by atoms with Gasteiger partial charge in [0, 0.05) is 13.0 Å². The molecule has 1 fully saturated rings. The average molecular weight is 293 g/mol. The van der Waals surface area contributed by atoms with E-state index in [9.17, 15) is 4.79 Å². The highest BCUT2D eigenvalue weighted by molar-refractivity contribution is 5.81. The fourth-order valence-electron chi connectivity index (χ4n) is 2.21. The monoisotopic (exact) mass is 293 g/mol. The number of aryl methyl sites for hydroxylation is 1. The molecule has 1 saturated heterocycles. The highest BCUT2D eigenvalue weighted by atomic mass is 16.5. The van der Waals surface area contributed by atoms with Gasteiger partial charge in [-0.3, -0.25) is 4.79 Å². The van der Waals surface area contributed by atoms with Gasteiger partial charge in [-0.1, -0.05) is 6.07 Å². The molecule has 0 aromatic heterocycles. The maximum Gasteiger partial charge on any atom is 0.249 e. The van der Waals surface area contributed by atoms with Gasteiger partial charge in [0.25, 0.3) is 0 Å². The summed E-state index contributed by atoms with van der Waals surface area (Å²) in [5.74, 6) is 1.52. The Labute approximate surface area is 125 Å². The Morgan fingerprint density at radius 1 is 1.43 bits per heavy atom. The normalized spacial score (nSPS) is 17.0. The number of carbonyl (C=O) groups is 1. The Hall–Kier alpha value is -1.75. The van der Waals surface area contributed by atoms with E-state index in [0.717, 1.165) is 30.8 Å². The van der Waals surface area contributed by atoms with Crippen molar-refractivity contribution < 1.29 is 19.0 Å². The zero-order valence-electron chi connectivity index (χ0n) is 12.7. The van der Waals surface area contributed by atoms with Gasteiger partial charge in [-0.05, 0) is 37.5 Å². The van der Waals surface area contributed by atoms with Gasteiger partial charge < -0.3 is 19.5 Å². The largest absolute Gasteiger partial charge is 0.493 e. The number of amides is 1. The predicted molar refractivity (Wildman–Crippen MR) is 79.9 cm³/mol. The summed E-state index contributed by atoms with van der Waals surface area (Å²) < 4.78 is 15.9. The smallest absolute Gasteiger partial charge is 0.249 e. The molecular weight excluding hydrogens is 270 g/mol. The van der Waals surface area contributed by atoms with Gasteiger partial charge in [0.15, 0.2) is 11.5 Å². The quantitative estimate of drug-likeness (QED) is 0.744. The molecule has 1 heterocycles. The topological polar surface area (TPSA) is 56.8 Å². The van der Waals surface area contributed by atoms with Crippen molar-refractivity contribution in [1.82, 2.24) is 5.32 Å². The number of hydrogen-bond donors (Lipinski definition) is 1. The Balaban J connectivity index is 1.77. The van der Waals surface area contributed by atoms with Gasteiger partial charge in [-0.15, -0.1) is 0 Å². The van der Waals surface area contributed by atoms with E-state index in [-0.39, 0.29) is 12.0 Å². The van der Waals surface area contributed by atoms with Crippen LogP contribution in [0, 0.1) is 0 Å². The van der Waals surface area contributed by atoms with E-state index in [0.29, 0.717) is 19.8 Å². The van der Waals surface area contributed by atoms with Crippen LogP contribution in [0.15, 0.2) is 18.2 Å². The minimum atomic E-state index is -0.226. The summed E-state index contributed by atoms with van der Waals surface area (Å²) in [6, 6.07) is 5.94. The van der Waals surface area contributed by atoms with E-state index in [1.165, 1.54) is 5.56 Å². The Morgan fingerprint density at radius 2 is 2.24 bits per heavy atom. The number of methoxy groups -OCH3 is 1. The van der Waals surface area contributed by atoms with Crippen molar-refractivity contribution in [2.24, 2.45) is 0 Å². The van der Waals surface area contributed by atoms with E-state index in [1.807, 2.05) is 25.1 Å². The second-order valence-electron chi connectivity index (χ2n) is 4.96. The van der Waals surface area contributed by atoms with Gasteiger partial charge in [0.1, 0.15) is 6.10 Å². The van der Waals surface area contributed by atoms with Crippen LogP contribution in [-0.4, -0.2) is 38.9 Å². The molecule has 1 N–H and O–H groups in total. The lowest BCUT2D eigenvalue weighted by Crippen LogP contribution is -2.43. The highest BCUT2D eigenvalue weighted by Gasteiger charge is 2.25. The lowest BCUT2D eigenvalue weighted by Gasteiger charge is -2.25. The van der Waals surface area contributed by atoms with Crippen molar-refractivity contribution in [2.75, 3.05) is 26.9 Å². The van der Waals surface area contributed by atoms with Crippen LogP contribution in [0.3, 0.4) is 0 Å². The Bertz CT molecular complexity index is 471. The second kappa shape index (κ2) is 7.88. The standard InChI is InChI=1S/C16H23NO4/c1-3-20-15-11-12(6-7-13(15)19-2)5-4-9-17-16(18)14-8-10-21-14/h6-7,11,14H,3-5,8-10H2,1-2H3,(H,17,18). The first kappa shape index (κ1) is 15.6. The van der Waals surface area contributed by atoms with Gasteiger partial charge in [0.2, 0.25) is 5.91 Å². The molecule has 0 aliphatic carbocycles. The number of rotatable bonds is 8. The van der Waals surface area contributed by atoms with E-state index in [4.69, 9.17) is 14.2 Å². The fourth-order valence-corrected chi connectivity index (χ4v) is 2.21. The van der Waals surface area contributed by atoms with Crippen molar-refractivity contribution in [2.45, 2.75) is 32.3 Å². The van der Waals surface area contributed by atoms with E-state index >= 15 is 0 Å². The first-order valence-electron chi connectivity index (χ1n) is 7.43. The van der Waals surface area contributed by atoms with Gasteiger partial charge >= 0.3 is 0 Å². The van der Waals surface area contributed by atoms with Crippen LogP contribution in [0.25, 0.3) is 0 Å². The van der Waals surface area contributed by atoms with Crippen LogP contribution in [0.1, 0.15) is 25.3 Å². The van der Waals surface area contributed by atoms with Crippen LogP contribution in [0.2, 0.25) is 0 Å². The van der Waals surface area contributed by atoms with Gasteiger partial charge in [0.05, 0.1) is 20.3 Å². The predicted octanol–water partition coefficient (Wildman–Crippen LogP) is 1.93. The molecule has 5 nitrogen and oxygen atoms in total. The molecular formula is C16H23NO4. The maximum atomic E-state index is 11.6. The second-order valence-corrected chi connectivity index (χ2v) is 4.96. The summed E-state index contributed by atoms with van der Waals surface area (Å²) in [5.41, 5.74) is 1.17. The zero-order chi connectivity index (χ0) is 15.1. The maximum absolute atomic E-state index is 11.6. The molecule has 0 radical (unpaired) electrons. The third-order valence-electron chi connectivity index (χ3n) is 3.46. The summed E-state index contributed by atoms with van der Waals surface area (Å²) in [6.07, 6.45) is 2.38. The molecule has 1 atom stereocenters. The van der Waals surface area contributed by atoms with Crippen LogP contribution >= 0.6 is 0 Å². The molecule has 0 saturated carbocycles. The summed E-state index contributed by atoms with van der Waals surface area (Å²) in [6.45, 7) is 3.92. The minimum Gasteiger partial charge on any atom is -0.493 e. The zero-order valence-corrected chi connectivity index (χ0v) is 12.7. The van der Waals surface area contributed by atoms with Crippen molar-refractivity contribution in [3.63, 3.8) is 0 Å². The number of hydrogen-bond acceptors (Lipinski definition) is 4. The van der Waals surface area contributed by atoms with Crippen LogP contribution in [0.4, 0.5) is 0 Å². The van der Waals surface area contributed by atoms with Crippen molar-refractivity contribution in [3.8, 4) is 11.5 Å².